The lowest BCUT2D eigenvalue weighted by atomic mass is 10.1. The molecule has 3 N–H and O–H groups in total. The number of nitrogens with two attached hydrogens (primary N) is 1. The molecule has 1 amide bonds. The summed E-state index contributed by atoms with van der Waals surface area (Å²) in [4.78, 5) is 11.9. The number of amides is 1. The molecule has 2 rings (SSSR count). The SMILES string of the molecule is COc1ccc(C(=O)NCc2ccccc2N)cc1. The fraction of sp³-hybridized carbons (Fsp3) is 0.133. The van der Waals surface area contributed by atoms with Gasteiger partial charge in [0.25, 0.3) is 5.91 Å². The molecule has 0 aliphatic rings. The van der Waals surface area contributed by atoms with E-state index in [1.807, 2.05) is 24.3 Å². The predicted molar refractivity (Wildman–Crippen MR) is 75.0 cm³/mol. The summed E-state index contributed by atoms with van der Waals surface area (Å²) in [7, 11) is 1.59. The average Bonchev–Trinajstić information content (AvgIpc) is 2.46. The first-order valence-corrected chi connectivity index (χ1v) is 5.96. The molecule has 98 valence electrons. The van der Waals surface area contributed by atoms with Gasteiger partial charge in [0.15, 0.2) is 0 Å². The number of benzene rings is 2. The lowest BCUT2D eigenvalue weighted by molar-refractivity contribution is 0.0951. The van der Waals surface area contributed by atoms with Crippen LogP contribution in [0.4, 0.5) is 5.69 Å². The number of ether oxygens (including phenoxy) is 1. The number of carbonyl (C=O) groups is 1. The summed E-state index contributed by atoms with van der Waals surface area (Å²) >= 11 is 0. The number of hydrogen-bond donors (Lipinski definition) is 2. The van der Waals surface area contributed by atoms with Gasteiger partial charge in [-0.25, -0.2) is 0 Å². The third-order valence-corrected chi connectivity index (χ3v) is 2.85. The first kappa shape index (κ1) is 13.0. The van der Waals surface area contributed by atoms with Crippen LogP contribution in [-0.2, 0) is 6.54 Å². The van der Waals surface area contributed by atoms with Crippen LogP contribution in [0.1, 0.15) is 15.9 Å². The molecule has 4 heteroatoms. The van der Waals surface area contributed by atoms with Crippen LogP contribution in [0.15, 0.2) is 48.5 Å². The van der Waals surface area contributed by atoms with Crippen LogP contribution in [0.2, 0.25) is 0 Å². The topological polar surface area (TPSA) is 64.3 Å². The van der Waals surface area contributed by atoms with Crippen LogP contribution in [0, 0.1) is 0 Å². The monoisotopic (exact) mass is 256 g/mol. The highest BCUT2D eigenvalue weighted by Crippen LogP contribution is 2.12. The van der Waals surface area contributed by atoms with E-state index in [2.05, 4.69) is 5.32 Å². The van der Waals surface area contributed by atoms with Crippen molar-refractivity contribution in [2.45, 2.75) is 6.54 Å². The Hall–Kier alpha value is -2.49. The van der Waals surface area contributed by atoms with E-state index in [-0.39, 0.29) is 5.91 Å². The average molecular weight is 256 g/mol. The van der Waals surface area contributed by atoms with Crippen molar-refractivity contribution in [3.63, 3.8) is 0 Å². The molecular formula is C15H16N2O2. The van der Waals surface area contributed by atoms with E-state index >= 15 is 0 Å². The molecule has 0 aliphatic carbocycles. The number of hydrogen-bond acceptors (Lipinski definition) is 3. The smallest absolute Gasteiger partial charge is 0.251 e. The molecule has 4 nitrogen and oxygen atoms in total. The molecule has 0 saturated carbocycles. The van der Waals surface area contributed by atoms with E-state index in [9.17, 15) is 4.79 Å². The molecule has 0 aliphatic heterocycles. The first-order chi connectivity index (χ1) is 9.20. The summed E-state index contributed by atoms with van der Waals surface area (Å²) in [6.45, 7) is 0.414. The number of rotatable bonds is 4. The highest BCUT2D eigenvalue weighted by atomic mass is 16.5. The van der Waals surface area contributed by atoms with E-state index in [1.165, 1.54) is 0 Å². The van der Waals surface area contributed by atoms with E-state index in [4.69, 9.17) is 10.5 Å². The maximum Gasteiger partial charge on any atom is 0.251 e. The Labute approximate surface area is 112 Å². The predicted octanol–water partition coefficient (Wildman–Crippen LogP) is 2.21. The van der Waals surface area contributed by atoms with Crippen molar-refractivity contribution in [2.24, 2.45) is 0 Å². The molecule has 2 aromatic carbocycles. The summed E-state index contributed by atoms with van der Waals surface area (Å²) in [5.41, 5.74) is 7.99. The summed E-state index contributed by atoms with van der Waals surface area (Å²) in [5, 5.41) is 2.83. The van der Waals surface area contributed by atoms with Gasteiger partial charge in [-0.15, -0.1) is 0 Å². The first-order valence-electron chi connectivity index (χ1n) is 5.96. The fourth-order valence-electron chi connectivity index (χ4n) is 1.72. The molecule has 0 saturated heterocycles. The van der Waals surface area contributed by atoms with Crippen LogP contribution in [-0.4, -0.2) is 13.0 Å². The third-order valence-electron chi connectivity index (χ3n) is 2.85. The molecule has 0 aromatic heterocycles. The Balaban J connectivity index is 1.99. The van der Waals surface area contributed by atoms with Crippen molar-refractivity contribution >= 4 is 11.6 Å². The fourth-order valence-corrected chi connectivity index (χ4v) is 1.72. The molecule has 0 unspecified atom stereocenters. The van der Waals surface area contributed by atoms with Crippen molar-refractivity contribution in [1.82, 2.24) is 5.32 Å². The van der Waals surface area contributed by atoms with Gasteiger partial charge in [-0.3, -0.25) is 4.79 Å². The Bertz CT molecular complexity index is 565. The van der Waals surface area contributed by atoms with E-state index < -0.39 is 0 Å². The van der Waals surface area contributed by atoms with Crippen LogP contribution in [0.5, 0.6) is 5.75 Å². The van der Waals surface area contributed by atoms with Crippen LogP contribution in [0.25, 0.3) is 0 Å². The van der Waals surface area contributed by atoms with Gasteiger partial charge in [0.2, 0.25) is 0 Å². The highest BCUT2D eigenvalue weighted by molar-refractivity contribution is 5.94. The zero-order valence-corrected chi connectivity index (χ0v) is 10.7. The van der Waals surface area contributed by atoms with Crippen LogP contribution >= 0.6 is 0 Å². The van der Waals surface area contributed by atoms with Gasteiger partial charge in [-0.05, 0) is 35.9 Å². The lowest BCUT2D eigenvalue weighted by Crippen LogP contribution is -2.23. The maximum absolute atomic E-state index is 11.9. The molecule has 0 atom stereocenters. The Morgan fingerprint density at radius 3 is 2.47 bits per heavy atom. The second-order valence-electron chi connectivity index (χ2n) is 4.11. The quantitative estimate of drug-likeness (QED) is 0.824. The van der Waals surface area contributed by atoms with E-state index in [0.717, 1.165) is 11.3 Å². The van der Waals surface area contributed by atoms with Crippen molar-refractivity contribution in [1.29, 1.82) is 0 Å². The maximum atomic E-state index is 11.9. The molecule has 0 spiro atoms. The van der Waals surface area contributed by atoms with Crippen molar-refractivity contribution < 1.29 is 9.53 Å². The molecule has 2 aromatic rings. The standard InChI is InChI=1S/C15H16N2O2/c1-19-13-8-6-11(7-9-13)15(18)17-10-12-4-2-3-5-14(12)16/h2-9H,10,16H2,1H3,(H,17,18). The summed E-state index contributed by atoms with van der Waals surface area (Å²) in [6.07, 6.45) is 0. The summed E-state index contributed by atoms with van der Waals surface area (Å²) < 4.78 is 5.05. The number of anilines is 1. The zero-order valence-electron chi connectivity index (χ0n) is 10.7. The van der Waals surface area contributed by atoms with Gasteiger partial charge < -0.3 is 15.8 Å². The minimum Gasteiger partial charge on any atom is -0.497 e. The van der Waals surface area contributed by atoms with Gasteiger partial charge in [0, 0.05) is 17.8 Å². The molecule has 0 radical (unpaired) electrons. The van der Waals surface area contributed by atoms with Crippen molar-refractivity contribution in [2.75, 3.05) is 12.8 Å². The molecule has 0 bridgehead atoms. The van der Waals surface area contributed by atoms with Gasteiger partial charge >= 0.3 is 0 Å². The normalized spacial score (nSPS) is 9.95. The third kappa shape index (κ3) is 3.25. The molecular weight excluding hydrogens is 240 g/mol. The number of carbonyl (C=O) groups excluding carboxylic acids is 1. The van der Waals surface area contributed by atoms with Crippen LogP contribution in [0.3, 0.4) is 0 Å². The van der Waals surface area contributed by atoms with Gasteiger partial charge in [-0.1, -0.05) is 18.2 Å². The number of para-hydroxylation sites is 1. The van der Waals surface area contributed by atoms with Gasteiger partial charge in [0.05, 0.1) is 7.11 Å². The Kier molecular flexibility index (Phi) is 4.03. The molecule has 0 heterocycles. The second kappa shape index (κ2) is 5.91. The molecule has 0 fully saturated rings. The van der Waals surface area contributed by atoms with Crippen molar-refractivity contribution in [3.05, 3.63) is 59.7 Å². The van der Waals surface area contributed by atoms with Gasteiger partial charge in [0.1, 0.15) is 5.75 Å². The largest absolute Gasteiger partial charge is 0.497 e. The summed E-state index contributed by atoms with van der Waals surface area (Å²) in [5.74, 6) is 0.592. The minimum absolute atomic E-state index is 0.133. The zero-order chi connectivity index (χ0) is 13.7. The molecule has 19 heavy (non-hydrogen) atoms. The Morgan fingerprint density at radius 2 is 1.84 bits per heavy atom. The minimum atomic E-state index is -0.133. The Morgan fingerprint density at radius 1 is 1.16 bits per heavy atom. The number of nitrogen functional groups attached to an aromatic ring is 1. The highest BCUT2D eigenvalue weighted by Gasteiger charge is 2.06. The summed E-state index contributed by atoms with van der Waals surface area (Å²) in [6, 6.07) is 14.4. The van der Waals surface area contributed by atoms with Crippen molar-refractivity contribution in [3.8, 4) is 5.75 Å². The number of methoxy groups -OCH3 is 1. The lowest BCUT2D eigenvalue weighted by Gasteiger charge is -2.08. The van der Waals surface area contributed by atoms with Crippen LogP contribution < -0.4 is 15.8 Å². The van der Waals surface area contributed by atoms with E-state index in [1.54, 1.807) is 31.4 Å². The second-order valence-corrected chi connectivity index (χ2v) is 4.11. The van der Waals surface area contributed by atoms with Gasteiger partial charge in [-0.2, -0.15) is 0 Å². The van der Waals surface area contributed by atoms with E-state index in [0.29, 0.717) is 17.8 Å². The number of nitrogens with one attached hydrogen (secondary N) is 1.